The average molecular weight is 240 g/mol. The molecule has 1 aromatic carbocycles. The second kappa shape index (κ2) is 3.99. The Hall–Kier alpha value is -2.07. The van der Waals surface area contributed by atoms with E-state index < -0.39 is 0 Å². The molecule has 0 radical (unpaired) electrons. The molecule has 18 heavy (non-hydrogen) atoms. The first-order chi connectivity index (χ1) is 8.70. The maximum absolute atomic E-state index is 5.78. The molecule has 4 nitrogen and oxygen atoms in total. The normalized spacial score (nSPS) is 11.3. The Labute approximate surface area is 105 Å². The number of hydrogen-bond donors (Lipinski definition) is 3. The molecular formula is C14H16N4. The van der Waals surface area contributed by atoms with Crippen LogP contribution in [0.3, 0.4) is 0 Å². The maximum Gasteiger partial charge on any atom is 0.103 e. The van der Waals surface area contributed by atoms with Crippen molar-refractivity contribution in [1.29, 1.82) is 0 Å². The highest BCUT2D eigenvalue weighted by Crippen LogP contribution is 2.32. The van der Waals surface area contributed by atoms with Gasteiger partial charge < -0.3 is 15.7 Å². The lowest BCUT2D eigenvalue weighted by Gasteiger charge is -2.00. The fraction of sp³-hybridized carbons (Fsp3) is 0.214. The summed E-state index contributed by atoms with van der Waals surface area (Å²) < 4.78 is 0. The van der Waals surface area contributed by atoms with Crippen molar-refractivity contribution in [2.24, 2.45) is 5.73 Å². The topological polar surface area (TPSA) is 70.5 Å². The van der Waals surface area contributed by atoms with Crippen molar-refractivity contribution in [3.05, 3.63) is 41.5 Å². The van der Waals surface area contributed by atoms with Gasteiger partial charge in [0.15, 0.2) is 0 Å². The first kappa shape index (κ1) is 11.0. The number of imidazole rings is 1. The van der Waals surface area contributed by atoms with E-state index in [1.165, 1.54) is 5.39 Å². The van der Waals surface area contributed by atoms with Crippen molar-refractivity contribution >= 4 is 10.9 Å². The van der Waals surface area contributed by atoms with Gasteiger partial charge in [-0.2, -0.15) is 0 Å². The Morgan fingerprint density at radius 3 is 2.72 bits per heavy atom. The number of aromatic nitrogens is 3. The number of nitrogens with zero attached hydrogens (tertiary/aromatic N) is 1. The quantitative estimate of drug-likeness (QED) is 0.644. The van der Waals surface area contributed by atoms with E-state index in [0.29, 0.717) is 6.54 Å². The highest BCUT2D eigenvalue weighted by atomic mass is 14.9. The van der Waals surface area contributed by atoms with Gasteiger partial charge in [0, 0.05) is 28.7 Å². The predicted octanol–water partition coefficient (Wildman–Crippen LogP) is 2.63. The van der Waals surface area contributed by atoms with Gasteiger partial charge in [-0.1, -0.05) is 18.2 Å². The van der Waals surface area contributed by atoms with Crippen LogP contribution in [0.15, 0.2) is 24.3 Å². The molecule has 0 aliphatic carbocycles. The number of nitrogens with one attached hydrogen (secondary N) is 2. The van der Waals surface area contributed by atoms with Crippen LogP contribution in [0.25, 0.3) is 22.2 Å². The number of H-pyrrole nitrogens is 2. The minimum absolute atomic E-state index is 0.467. The van der Waals surface area contributed by atoms with E-state index in [2.05, 4.69) is 34.0 Å². The number of nitrogens with two attached hydrogens (primary N) is 1. The van der Waals surface area contributed by atoms with Crippen LogP contribution in [0.1, 0.15) is 17.2 Å². The Morgan fingerprint density at radius 2 is 1.94 bits per heavy atom. The molecule has 0 saturated heterocycles. The molecule has 0 amide bonds. The van der Waals surface area contributed by atoms with Crippen molar-refractivity contribution in [2.45, 2.75) is 20.4 Å². The summed E-state index contributed by atoms with van der Waals surface area (Å²) in [5.74, 6) is 0.898. The van der Waals surface area contributed by atoms with E-state index >= 15 is 0 Å². The standard InChI is InChI=1S/C14H16N4/c1-8-13(10-5-3-4-6-11(10)16-8)14-12(7-15)17-9(2)18-14/h3-6,16H,7,15H2,1-2H3,(H,17,18). The van der Waals surface area contributed by atoms with Crippen LogP contribution in [-0.2, 0) is 6.54 Å². The zero-order valence-corrected chi connectivity index (χ0v) is 10.5. The fourth-order valence-electron chi connectivity index (χ4n) is 2.48. The summed E-state index contributed by atoms with van der Waals surface area (Å²) in [6.07, 6.45) is 0. The lowest BCUT2D eigenvalue weighted by atomic mass is 10.1. The monoisotopic (exact) mass is 240 g/mol. The van der Waals surface area contributed by atoms with Crippen LogP contribution in [0, 0.1) is 13.8 Å². The van der Waals surface area contributed by atoms with E-state index in [9.17, 15) is 0 Å². The van der Waals surface area contributed by atoms with Gasteiger partial charge in [0.25, 0.3) is 0 Å². The molecular weight excluding hydrogens is 224 g/mol. The molecule has 0 spiro atoms. The Balaban J connectivity index is 2.33. The molecule has 0 unspecified atom stereocenters. The number of fused-ring (bicyclic) bond motifs is 1. The van der Waals surface area contributed by atoms with Crippen molar-refractivity contribution in [3.8, 4) is 11.3 Å². The van der Waals surface area contributed by atoms with Crippen LogP contribution in [0.5, 0.6) is 0 Å². The molecule has 0 saturated carbocycles. The first-order valence-corrected chi connectivity index (χ1v) is 6.04. The summed E-state index contributed by atoms with van der Waals surface area (Å²) in [5, 5.41) is 1.19. The SMILES string of the molecule is Cc1nc(-c2c(C)[nH]c3ccccc23)c(CN)[nH]1. The zero-order valence-electron chi connectivity index (χ0n) is 10.5. The van der Waals surface area contributed by atoms with E-state index in [0.717, 1.165) is 34.0 Å². The Kier molecular flexibility index (Phi) is 2.45. The summed E-state index contributed by atoms with van der Waals surface area (Å²) in [4.78, 5) is 11.2. The van der Waals surface area contributed by atoms with Crippen LogP contribution in [0.2, 0.25) is 0 Å². The Bertz CT molecular complexity index is 706. The third-order valence-electron chi connectivity index (χ3n) is 3.23. The average Bonchev–Trinajstić information content (AvgIpc) is 2.87. The van der Waals surface area contributed by atoms with Crippen LogP contribution >= 0.6 is 0 Å². The lowest BCUT2D eigenvalue weighted by Crippen LogP contribution is -1.99. The third kappa shape index (κ3) is 1.54. The van der Waals surface area contributed by atoms with Crippen LogP contribution in [-0.4, -0.2) is 15.0 Å². The van der Waals surface area contributed by atoms with Gasteiger partial charge in [0.1, 0.15) is 5.82 Å². The summed E-state index contributed by atoms with van der Waals surface area (Å²) in [6, 6.07) is 8.26. The molecule has 92 valence electrons. The number of aryl methyl sites for hydroxylation is 2. The molecule has 4 heteroatoms. The molecule has 0 aliphatic heterocycles. The maximum atomic E-state index is 5.78. The van der Waals surface area contributed by atoms with Crippen LogP contribution in [0.4, 0.5) is 0 Å². The summed E-state index contributed by atoms with van der Waals surface area (Å²) in [5.41, 5.74) is 11.1. The number of aromatic amines is 2. The molecule has 0 bridgehead atoms. The van der Waals surface area contributed by atoms with Gasteiger partial charge in [-0.05, 0) is 19.9 Å². The fourth-order valence-corrected chi connectivity index (χ4v) is 2.48. The molecule has 0 fully saturated rings. The van der Waals surface area contributed by atoms with E-state index in [4.69, 9.17) is 5.73 Å². The van der Waals surface area contributed by atoms with E-state index in [1.807, 2.05) is 19.1 Å². The summed E-state index contributed by atoms with van der Waals surface area (Å²) in [6.45, 7) is 4.49. The molecule has 0 aliphatic rings. The second-order valence-electron chi connectivity index (χ2n) is 4.52. The lowest BCUT2D eigenvalue weighted by molar-refractivity contribution is 0.998. The number of hydrogen-bond acceptors (Lipinski definition) is 2. The van der Waals surface area contributed by atoms with Gasteiger partial charge >= 0.3 is 0 Å². The minimum Gasteiger partial charge on any atom is -0.358 e. The highest BCUT2D eigenvalue weighted by Gasteiger charge is 2.16. The van der Waals surface area contributed by atoms with Crippen molar-refractivity contribution in [2.75, 3.05) is 0 Å². The van der Waals surface area contributed by atoms with Crippen molar-refractivity contribution < 1.29 is 0 Å². The number of benzene rings is 1. The molecule has 3 aromatic rings. The molecule has 2 aromatic heterocycles. The Morgan fingerprint density at radius 1 is 1.17 bits per heavy atom. The van der Waals surface area contributed by atoms with Crippen LogP contribution < -0.4 is 5.73 Å². The third-order valence-corrected chi connectivity index (χ3v) is 3.23. The molecule has 2 heterocycles. The smallest absolute Gasteiger partial charge is 0.103 e. The molecule has 3 rings (SSSR count). The largest absolute Gasteiger partial charge is 0.358 e. The second-order valence-corrected chi connectivity index (χ2v) is 4.52. The predicted molar refractivity (Wildman–Crippen MR) is 73.2 cm³/mol. The summed E-state index contributed by atoms with van der Waals surface area (Å²) in [7, 11) is 0. The zero-order chi connectivity index (χ0) is 12.7. The first-order valence-electron chi connectivity index (χ1n) is 6.04. The van der Waals surface area contributed by atoms with Crippen molar-refractivity contribution in [3.63, 3.8) is 0 Å². The van der Waals surface area contributed by atoms with Crippen molar-refractivity contribution in [1.82, 2.24) is 15.0 Å². The van der Waals surface area contributed by atoms with Gasteiger partial charge in [0.05, 0.1) is 11.4 Å². The van der Waals surface area contributed by atoms with Gasteiger partial charge in [0.2, 0.25) is 0 Å². The van der Waals surface area contributed by atoms with Gasteiger partial charge in [-0.3, -0.25) is 0 Å². The van der Waals surface area contributed by atoms with E-state index in [-0.39, 0.29) is 0 Å². The minimum atomic E-state index is 0.467. The van der Waals surface area contributed by atoms with E-state index in [1.54, 1.807) is 0 Å². The molecule has 0 atom stereocenters. The van der Waals surface area contributed by atoms with Gasteiger partial charge in [-0.25, -0.2) is 4.98 Å². The summed E-state index contributed by atoms with van der Waals surface area (Å²) >= 11 is 0. The number of para-hydroxylation sites is 1. The number of rotatable bonds is 2. The van der Waals surface area contributed by atoms with Gasteiger partial charge in [-0.15, -0.1) is 0 Å². The highest BCUT2D eigenvalue weighted by molar-refractivity contribution is 5.97. The molecule has 4 N–H and O–H groups in total.